The molecule has 0 aromatic carbocycles. The van der Waals surface area contributed by atoms with Gasteiger partial charge in [0.05, 0.1) is 0 Å². The Morgan fingerprint density at radius 2 is 1.82 bits per heavy atom. The SMILES string of the molecule is CCOC(=O)C[As+](C)(C)C.[Br-]. The number of ether oxygens (including phenoxy) is 1. The van der Waals surface area contributed by atoms with Gasteiger partial charge in [-0.25, -0.2) is 0 Å². The fourth-order valence-corrected chi connectivity index (χ4v) is 2.41. The summed E-state index contributed by atoms with van der Waals surface area (Å²) in [7, 11) is 0. The molecule has 0 rings (SSSR count). The molecule has 2 nitrogen and oxygen atoms in total. The number of rotatable bonds is 3. The normalized spacial score (nSPS) is 10.2. The minimum atomic E-state index is -1.54. The molecule has 0 spiro atoms. The molecule has 0 bridgehead atoms. The average molecular weight is 287 g/mol. The molecule has 0 heterocycles. The number of esters is 1. The van der Waals surface area contributed by atoms with Gasteiger partial charge in [0, 0.05) is 0 Å². The Morgan fingerprint density at radius 1 is 1.36 bits per heavy atom. The molecule has 68 valence electrons. The van der Waals surface area contributed by atoms with Crippen LogP contribution < -0.4 is 17.0 Å². The molecule has 0 N–H and O–H groups in total. The number of halogens is 1. The predicted molar refractivity (Wildman–Crippen MR) is 44.8 cm³/mol. The number of carbonyl (C=O) groups is 1. The van der Waals surface area contributed by atoms with Crippen LogP contribution in [-0.2, 0) is 9.53 Å². The van der Waals surface area contributed by atoms with Gasteiger partial charge in [0.25, 0.3) is 0 Å². The molecule has 0 saturated heterocycles. The topological polar surface area (TPSA) is 26.3 Å². The first-order valence-corrected chi connectivity index (χ1v) is 10.4. The average Bonchev–Trinajstić information content (AvgIpc) is 1.59. The van der Waals surface area contributed by atoms with Gasteiger partial charge in [0.1, 0.15) is 0 Å². The Morgan fingerprint density at radius 3 is 2.09 bits per heavy atom. The van der Waals surface area contributed by atoms with Crippen molar-refractivity contribution in [3.05, 3.63) is 0 Å². The van der Waals surface area contributed by atoms with E-state index in [4.69, 9.17) is 4.74 Å². The van der Waals surface area contributed by atoms with Crippen molar-refractivity contribution in [3.8, 4) is 0 Å². The van der Waals surface area contributed by atoms with Crippen molar-refractivity contribution in [2.45, 2.75) is 29.3 Å². The molecule has 0 radical (unpaired) electrons. The van der Waals surface area contributed by atoms with Crippen molar-refractivity contribution >= 4 is 19.5 Å². The summed E-state index contributed by atoms with van der Waals surface area (Å²) in [5.41, 5.74) is 6.57. The first-order valence-electron chi connectivity index (χ1n) is 3.42. The van der Waals surface area contributed by atoms with E-state index in [-0.39, 0.29) is 23.0 Å². The minimum Gasteiger partial charge on any atom is -1.00 e. The summed E-state index contributed by atoms with van der Waals surface area (Å²) >= 11 is -1.54. The Bertz CT molecular complexity index is 120. The third kappa shape index (κ3) is 10.5. The van der Waals surface area contributed by atoms with E-state index in [1.165, 1.54) is 0 Å². The van der Waals surface area contributed by atoms with Crippen molar-refractivity contribution in [3.63, 3.8) is 0 Å². The summed E-state index contributed by atoms with van der Waals surface area (Å²) in [6.07, 6.45) is 0. The van der Waals surface area contributed by atoms with Crippen LogP contribution >= 0.6 is 0 Å². The molecule has 0 aromatic rings. The van der Waals surface area contributed by atoms with Crippen LogP contribution in [0.4, 0.5) is 0 Å². The van der Waals surface area contributed by atoms with Crippen LogP contribution in [0.3, 0.4) is 0 Å². The van der Waals surface area contributed by atoms with Crippen LogP contribution in [0, 0.1) is 0 Å². The Balaban J connectivity index is 0. The van der Waals surface area contributed by atoms with Crippen molar-refractivity contribution in [2.75, 3.05) is 6.61 Å². The van der Waals surface area contributed by atoms with Crippen LogP contribution in [0.25, 0.3) is 0 Å². The van der Waals surface area contributed by atoms with Crippen molar-refractivity contribution in [1.29, 1.82) is 0 Å². The van der Waals surface area contributed by atoms with Crippen LogP contribution in [-0.4, -0.2) is 26.1 Å². The van der Waals surface area contributed by atoms with E-state index in [1.54, 1.807) is 0 Å². The van der Waals surface area contributed by atoms with Gasteiger partial charge in [-0.15, -0.1) is 0 Å². The molecule has 4 heteroatoms. The van der Waals surface area contributed by atoms with Gasteiger partial charge >= 0.3 is 64.9 Å². The molecule has 0 aromatic heterocycles. The van der Waals surface area contributed by atoms with Crippen LogP contribution in [0.1, 0.15) is 6.92 Å². The molecule has 0 fully saturated rings. The summed E-state index contributed by atoms with van der Waals surface area (Å²) in [4.78, 5) is 10.9. The summed E-state index contributed by atoms with van der Waals surface area (Å²) < 4.78 is 4.82. The third-order valence-electron chi connectivity index (χ3n) is 0.909. The molecule has 0 aliphatic carbocycles. The van der Waals surface area contributed by atoms with Crippen LogP contribution in [0.15, 0.2) is 0 Å². The fraction of sp³-hybridized carbons (Fsp3) is 0.857. The standard InChI is InChI=1S/C7H16AsO2.BrH/c1-5-10-7(9)6-8(2,3)4;/h5-6H2,1-4H3;1H/q+1;/p-1. The van der Waals surface area contributed by atoms with E-state index < -0.39 is 13.6 Å². The molecule has 0 atom stereocenters. The van der Waals surface area contributed by atoms with Crippen molar-refractivity contribution in [2.24, 2.45) is 0 Å². The summed E-state index contributed by atoms with van der Waals surface area (Å²) in [5.74, 6) is -0.0255. The zero-order valence-electron chi connectivity index (χ0n) is 7.56. The van der Waals surface area contributed by atoms with Gasteiger partial charge in [0.2, 0.25) is 0 Å². The van der Waals surface area contributed by atoms with Crippen LogP contribution in [0.2, 0.25) is 22.3 Å². The molecule has 0 aliphatic heterocycles. The van der Waals surface area contributed by atoms with E-state index in [0.717, 1.165) is 0 Å². The van der Waals surface area contributed by atoms with Crippen molar-refractivity contribution in [1.82, 2.24) is 0 Å². The number of carbonyl (C=O) groups excluding carboxylic acids is 1. The smallest absolute Gasteiger partial charge is 1.00 e. The molecular weight excluding hydrogens is 271 g/mol. The monoisotopic (exact) mass is 286 g/mol. The summed E-state index contributed by atoms with van der Waals surface area (Å²) in [6, 6.07) is 0. The molecule has 0 unspecified atom stereocenters. The third-order valence-corrected chi connectivity index (χ3v) is 3.44. The minimum absolute atomic E-state index is 0. The first kappa shape index (κ1) is 14.1. The second-order valence-electron chi connectivity index (χ2n) is 3.25. The summed E-state index contributed by atoms with van der Waals surface area (Å²) in [5, 5.41) is 0.673. The maximum absolute atomic E-state index is 10.9. The fourth-order valence-electron chi connectivity index (χ4n) is 0.594. The van der Waals surface area contributed by atoms with Crippen LogP contribution in [0.5, 0.6) is 0 Å². The van der Waals surface area contributed by atoms with Gasteiger partial charge in [-0.05, 0) is 0 Å². The maximum Gasteiger partial charge on any atom is -1.00 e. The van der Waals surface area contributed by atoms with Gasteiger partial charge in [-0.3, -0.25) is 0 Å². The number of hydrogen-bond donors (Lipinski definition) is 0. The van der Waals surface area contributed by atoms with E-state index in [0.29, 0.717) is 11.8 Å². The zero-order chi connectivity index (χ0) is 8.20. The number of hydrogen-bond acceptors (Lipinski definition) is 2. The maximum atomic E-state index is 10.9. The quantitative estimate of drug-likeness (QED) is 0.486. The second kappa shape index (κ2) is 6.07. The first-order chi connectivity index (χ1) is 4.45. The Kier molecular flexibility index (Phi) is 7.76. The second-order valence-corrected chi connectivity index (χ2v) is 13.5. The van der Waals surface area contributed by atoms with E-state index in [9.17, 15) is 4.79 Å². The van der Waals surface area contributed by atoms with Gasteiger partial charge in [-0.2, -0.15) is 0 Å². The van der Waals surface area contributed by atoms with Gasteiger partial charge in [0.15, 0.2) is 0 Å². The summed E-state index contributed by atoms with van der Waals surface area (Å²) in [6.45, 7) is 2.35. The molecule has 11 heavy (non-hydrogen) atoms. The predicted octanol–water partition coefficient (Wildman–Crippen LogP) is -1.11. The van der Waals surface area contributed by atoms with E-state index >= 15 is 0 Å². The zero-order valence-corrected chi connectivity index (χ0v) is 11.0. The van der Waals surface area contributed by atoms with E-state index in [1.807, 2.05) is 6.92 Å². The molecule has 0 saturated carbocycles. The van der Waals surface area contributed by atoms with Gasteiger partial charge < -0.3 is 17.0 Å². The van der Waals surface area contributed by atoms with E-state index in [2.05, 4.69) is 17.1 Å². The molecule has 0 aliphatic rings. The molecular formula is C7H16AsBrO2. The Labute approximate surface area is 81.9 Å². The van der Waals surface area contributed by atoms with Gasteiger partial charge in [-0.1, -0.05) is 0 Å². The van der Waals surface area contributed by atoms with Crippen molar-refractivity contribution < 1.29 is 26.5 Å². The Hall–Kier alpha value is 0.508. The molecule has 0 amide bonds. The largest absolute Gasteiger partial charge is 1.00 e.